The van der Waals surface area contributed by atoms with E-state index >= 15 is 0 Å². The van der Waals surface area contributed by atoms with Crippen LogP contribution < -0.4 is 10.9 Å². The third kappa shape index (κ3) is 4.83. The topological polar surface area (TPSA) is 74.8 Å². The van der Waals surface area contributed by atoms with E-state index in [9.17, 15) is 22.8 Å². The normalized spacial score (nSPS) is 12.4. The molecule has 1 atom stereocenters. The van der Waals surface area contributed by atoms with Crippen LogP contribution in [0, 0.1) is 0 Å². The van der Waals surface area contributed by atoms with E-state index in [0.717, 1.165) is 18.2 Å². The molecule has 1 unspecified atom stereocenters. The van der Waals surface area contributed by atoms with Gasteiger partial charge in [-0.2, -0.15) is 13.2 Å². The molecule has 0 spiro atoms. The molecule has 0 radical (unpaired) electrons. The van der Waals surface area contributed by atoms with Gasteiger partial charge in [0.25, 0.3) is 11.5 Å². The maximum atomic E-state index is 12.8. The van der Waals surface area contributed by atoms with Crippen molar-refractivity contribution in [2.24, 2.45) is 0 Å². The van der Waals surface area contributed by atoms with Crippen molar-refractivity contribution in [2.45, 2.75) is 19.1 Å². The molecular formula is C20H15ClF3N3O2. The minimum absolute atomic E-state index is 0.123. The van der Waals surface area contributed by atoms with Gasteiger partial charge in [0.15, 0.2) is 0 Å². The van der Waals surface area contributed by atoms with Gasteiger partial charge in [-0.3, -0.25) is 9.59 Å². The lowest BCUT2D eigenvalue weighted by molar-refractivity contribution is -0.137. The zero-order chi connectivity index (χ0) is 21.2. The molecule has 3 rings (SSSR count). The zero-order valence-corrected chi connectivity index (χ0v) is 15.8. The van der Waals surface area contributed by atoms with Crippen molar-refractivity contribution >= 4 is 17.5 Å². The summed E-state index contributed by atoms with van der Waals surface area (Å²) in [7, 11) is 0. The number of nitrogens with zero attached hydrogens (tertiary/aromatic N) is 1. The second-order valence-corrected chi connectivity index (χ2v) is 6.68. The van der Waals surface area contributed by atoms with Crippen LogP contribution in [0.15, 0.2) is 59.4 Å². The fourth-order valence-corrected chi connectivity index (χ4v) is 3.05. The predicted molar refractivity (Wildman–Crippen MR) is 103 cm³/mol. The molecule has 0 bridgehead atoms. The number of rotatable bonds is 4. The Morgan fingerprint density at radius 2 is 1.83 bits per heavy atom. The summed E-state index contributed by atoms with van der Waals surface area (Å²) in [6, 6.07) is 12.0. The molecule has 29 heavy (non-hydrogen) atoms. The lowest BCUT2D eigenvalue weighted by Gasteiger charge is -2.17. The number of H-pyrrole nitrogens is 1. The zero-order valence-electron chi connectivity index (χ0n) is 15.0. The lowest BCUT2D eigenvalue weighted by Crippen LogP contribution is -2.29. The monoisotopic (exact) mass is 421 g/mol. The van der Waals surface area contributed by atoms with Crippen LogP contribution in [-0.4, -0.2) is 15.9 Å². The van der Waals surface area contributed by atoms with Crippen LogP contribution >= 0.6 is 11.6 Å². The molecule has 0 aliphatic carbocycles. The Bertz CT molecular complexity index is 1100. The van der Waals surface area contributed by atoms with Crippen LogP contribution in [0.5, 0.6) is 0 Å². The average Bonchev–Trinajstić information content (AvgIpc) is 2.67. The van der Waals surface area contributed by atoms with Crippen LogP contribution in [0.2, 0.25) is 5.02 Å². The Labute approximate surface area is 168 Å². The van der Waals surface area contributed by atoms with Crippen molar-refractivity contribution in [1.29, 1.82) is 0 Å². The van der Waals surface area contributed by atoms with Crippen LogP contribution in [0.3, 0.4) is 0 Å². The molecule has 2 N–H and O–H groups in total. The van der Waals surface area contributed by atoms with Gasteiger partial charge >= 0.3 is 6.18 Å². The molecule has 0 aliphatic rings. The predicted octanol–water partition coefficient (Wildman–Crippen LogP) is 4.60. The second-order valence-electron chi connectivity index (χ2n) is 6.27. The van der Waals surface area contributed by atoms with Crippen molar-refractivity contribution < 1.29 is 18.0 Å². The van der Waals surface area contributed by atoms with Crippen LogP contribution in [-0.2, 0) is 6.18 Å². The average molecular weight is 422 g/mol. The standard InChI is InChI=1S/C20H15ClF3N3O2/c1-11(14-8-7-13(9-15(14)21)20(22,23)24)25-19(29)16-10-17(28)27-18(26-16)12-5-3-2-4-6-12/h2-11H,1H3,(H,25,29)(H,26,27,28). The number of aromatic nitrogens is 2. The fourth-order valence-electron chi connectivity index (χ4n) is 2.71. The number of benzene rings is 2. The van der Waals surface area contributed by atoms with Gasteiger partial charge in [0.05, 0.1) is 11.6 Å². The highest BCUT2D eigenvalue weighted by Gasteiger charge is 2.31. The number of amides is 1. The van der Waals surface area contributed by atoms with Crippen molar-refractivity contribution in [3.63, 3.8) is 0 Å². The van der Waals surface area contributed by atoms with Gasteiger partial charge < -0.3 is 10.3 Å². The summed E-state index contributed by atoms with van der Waals surface area (Å²) in [5.74, 6) is -0.430. The van der Waals surface area contributed by atoms with Crippen LogP contribution in [0.4, 0.5) is 13.2 Å². The van der Waals surface area contributed by atoms with Gasteiger partial charge in [-0.25, -0.2) is 4.98 Å². The molecule has 0 aliphatic heterocycles. The largest absolute Gasteiger partial charge is 0.416 e. The maximum Gasteiger partial charge on any atom is 0.416 e. The number of carbonyl (C=O) groups excluding carboxylic acids is 1. The molecular weight excluding hydrogens is 407 g/mol. The summed E-state index contributed by atoms with van der Waals surface area (Å²) in [5, 5.41) is 2.47. The Morgan fingerprint density at radius 3 is 2.45 bits per heavy atom. The third-order valence-corrected chi connectivity index (χ3v) is 4.49. The smallest absolute Gasteiger partial charge is 0.344 e. The maximum absolute atomic E-state index is 12.8. The van der Waals surface area contributed by atoms with E-state index in [2.05, 4.69) is 15.3 Å². The second kappa shape index (κ2) is 8.08. The highest BCUT2D eigenvalue weighted by Crippen LogP contribution is 2.33. The van der Waals surface area contributed by atoms with Gasteiger partial charge in [0.2, 0.25) is 0 Å². The number of hydrogen-bond acceptors (Lipinski definition) is 3. The van der Waals surface area contributed by atoms with Gasteiger partial charge in [-0.1, -0.05) is 48.0 Å². The Balaban J connectivity index is 1.84. The lowest BCUT2D eigenvalue weighted by atomic mass is 10.1. The number of carbonyl (C=O) groups is 1. The van der Waals surface area contributed by atoms with E-state index in [1.165, 1.54) is 6.07 Å². The summed E-state index contributed by atoms with van der Waals surface area (Å²) >= 11 is 5.97. The number of halogens is 4. The van der Waals surface area contributed by atoms with E-state index in [4.69, 9.17) is 11.6 Å². The Kier molecular flexibility index (Phi) is 5.74. The number of nitrogens with one attached hydrogen (secondary N) is 2. The summed E-state index contributed by atoms with van der Waals surface area (Å²) in [6.45, 7) is 1.57. The molecule has 0 fully saturated rings. The van der Waals surface area contributed by atoms with Gasteiger partial charge in [0, 0.05) is 16.7 Å². The van der Waals surface area contributed by atoms with Gasteiger partial charge in [-0.05, 0) is 24.6 Å². The number of hydrogen-bond donors (Lipinski definition) is 2. The van der Waals surface area contributed by atoms with Crippen molar-refractivity contribution in [3.05, 3.63) is 86.8 Å². The molecule has 1 heterocycles. The van der Waals surface area contributed by atoms with E-state index in [-0.39, 0.29) is 16.5 Å². The quantitative estimate of drug-likeness (QED) is 0.646. The molecule has 150 valence electrons. The minimum atomic E-state index is -4.52. The van der Waals surface area contributed by atoms with E-state index < -0.39 is 29.2 Å². The first-order chi connectivity index (χ1) is 13.6. The molecule has 0 saturated heterocycles. The van der Waals surface area contributed by atoms with E-state index in [1.54, 1.807) is 37.3 Å². The van der Waals surface area contributed by atoms with E-state index in [0.29, 0.717) is 11.1 Å². The van der Waals surface area contributed by atoms with Crippen molar-refractivity contribution in [2.75, 3.05) is 0 Å². The molecule has 5 nitrogen and oxygen atoms in total. The molecule has 2 aromatic carbocycles. The number of aromatic amines is 1. The summed E-state index contributed by atoms with van der Waals surface area (Å²) in [6.07, 6.45) is -4.52. The summed E-state index contributed by atoms with van der Waals surface area (Å²) in [4.78, 5) is 31.2. The highest BCUT2D eigenvalue weighted by atomic mass is 35.5. The van der Waals surface area contributed by atoms with E-state index in [1.807, 2.05) is 0 Å². The fraction of sp³-hybridized carbons (Fsp3) is 0.150. The van der Waals surface area contributed by atoms with Crippen molar-refractivity contribution in [3.8, 4) is 11.4 Å². The minimum Gasteiger partial charge on any atom is -0.344 e. The Hall–Kier alpha value is -3.13. The highest BCUT2D eigenvalue weighted by molar-refractivity contribution is 6.31. The number of alkyl halides is 3. The molecule has 9 heteroatoms. The van der Waals surface area contributed by atoms with Crippen LogP contribution in [0.1, 0.15) is 34.6 Å². The Morgan fingerprint density at radius 1 is 1.14 bits per heavy atom. The van der Waals surface area contributed by atoms with Gasteiger partial charge in [-0.15, -0.1) is 0 Å². The summed E-state index contributed by atoms with van der Waals surface area (Å²) in [5.41, 5.74) is -0.584. The van der Waals surface area contributed by atoms with Crippen LogP contribution in [0.25, 0.3) is 11.4 Å². The molecule has 3 aromatic rings. The SMILES string of the molecule is CC(NC(=O)c1cc(=O)[nH]c(-c2ccccc2)n1)c1ccc(C(F)(F)F)cc1Cl. The summed E-state index contributed by atoms with van der Waals surface area (Å²) < 4.78 is 38.3. The first-order valence-corrected chi connectivity index (χ1v) is 8.87. The van der Waals surface area contributed by atoms with Gasteiger partial charge in [0.1, 0.15) is 11.5 Å². The molecule has 0 saturated carbocycles. The van der Waals surface area contributed by atoms with Crippen molar-refractivity contribution in [1.82, 2.24) is 15.3 Å². The first kappa shape index (κ1) is 20.6. The first-order valence-electron chi connectivity index (χ1n) is 8.49. The molecule has 1 aromatic heterocycles. The third-order valence-electron chi connectivity index (χ3n) is 4.16. The molecule has 1 amide bonds.